The molecular weight excluding hydrogens is 204 g/mol. The molecule has 16 heavy (non-hydrogen) atoms. The molecule has 5 heteroatoms. The maximum atomic E-state index is 11.7. The minimum atomic E-state index is -0.358. The topological polar surface area (TPSA) is 93.9 Å². The van der Waals surface area contributed by atoms with E-state index in [-0.39, 0.29) is 23.6 Å². The third-order valence-electron chi connectivity index (χ3n) is 2.60. The summed E-state index contributed by atoms with van der Waals surface area (Å²) in [5, 5.41) is 17.3. The average Bonchev–Trinajstić information content (AvgIpc) is 2.31. The quantitative estimate of drug-likeness (QED) is 0.543. The van der Waals surface area contributed by atoms with Crippen LogP contribution in [0.1, 0.15) is 19.3 Å². The SMILES string of the molecule is N#CC(N)=C(C#N)C(=O)CN1CCCCC1. The number of rotatable bonds is 3. The molecule has 0 saturated carbocycles. The highest BCUT2D eigenvalue weighted by molar-refractivity contribution is 6.01. The number of carbonyl (C=O) groups is 1. The molecule has 0 unspecified atom stereocenters. The Morgan fingerprint density at radius 2 is 1.81 bits per heavy atom. The van der Waals surface area contributed by atoms with Crippen molar-refractivity contribution >= 4 is 5.78 Å². The zero-order valence-corrected chi connectivity index (χ0v) is 9.07. The van der Waals surface area contributed by atoms with Crippen LogP contribution in [0.3, 0.4) is 0 Å². The number of hydrogen-bond acceptors (Lipinski definition) is 5. The lowest BCUT2D eigenvalue weighted by atomic mass is 10.1. The standard InChI is InChI=1S/C11H14N4O/c12-6-9(10(14)7-13)11(16)8-15-4-2-1-3-5-15/h1-5,8,14H2. The maximum absolute atomic E-state index is 11.7. The molecule has 0 radical (unpaired) electrons. The van der Waals surface area contributed by atoms with Gasteiger partial charge in [-0.3, -0.25) is 9.69 Å². The van der Waals surface area contributed by atoms with E-state index in [1.807, 2.05) is 4.90 Å². The molecule has 0 bridgehead atoms. The van der Waals surface area contributed by atoms with E-state index in [0.717, 1.165) is 25.9 Å². The van der Waals surface area contributed by atoms with Gasteiger partial charge < -0.3 is 5.73 Å². The van der Waals surface area contributed by atoms with Gasteiger partial charge in [0.2, 0.25) is 0 Å². The second kappa shape index (κ2) is 5.89. The summed E-state index contributed by atoms with van der Waals surface area (Å²) in [5.41, 5.74) is 4.79. The predicted octanol–water partition coefficient (Wildman–Crippen LogP) is 0.301. The van der Waals surface area contributed by atoms with Crippen molar-refractivity contribution in [1.29, 1.82) is 10.5 Å². The summed E-state index contributed by atoms with van der Waals surface area (Å²) in [7, 11) is 0. The van der Waals surface area contributed by atoms with Gasteiger partial charge in [-0.05, 0) is 25.9 Å². The third kappa shape index (κ3) is 3.08. The Morgan fingerprint density at radius 1 is 1.19 bits per heavy atom. The highest BCUT2D eigenvalue weighted by atomic mass is 16.1. The summed E-state index contributed by atoms with van der Waals surface area (Å²) in [6, 6.07) is 3.33. The van der Waals surface area contributed by atoms with Gasteiger partial charge in [0.25, 0.3) is 0 Å². The van der Waals surface area contributed by atoms with Crippen LogP contribution in [0, 0.1) is 22.7 Å². The first-order valence-corrected chi connectivity index (χ1v) is 5.24. The van der Waals surface area contributed by atoms with E-state index < -0.39 is 0 Å². The Bertz CT molecular complexity index is 380. The van der Waals surface area contributed by atoms with Gasteiger partial charge in [-0.2, -0.15) is 10.5 Å². The van der Waals surface area contributed by atoms with Gasteiger partial charge in [0.15, 0.2) is 5.78 Å². The Hall–Kier alpha value is -1.85. The van der Waals surface area contributed by atoms with Crippen molar-refractivity contribution < 1.29 is 4.79 Å². The number of allylic oxidation sites excluding steroid dienone is 1. The van der Waals surface area contributed by atoms with Gasteiger partial charge in [0, 0.05) is 0 Å². The van der Waals surface area contributed by atoms with Crippen LogP contribution in [-0.2, 0) is 4.79 Å². The molecule has 1 aliphatic heterocycles. The van der Waals surface area contributed by atoms with E-state index in [2.05, 4.69) is 0 Å². The van der Waals surface area contributed by atoms with E-state index in [1.165, 1.54) is 6.42 Å². The molecule has 0 aliphatic carbocycles. The van der Waals surface area contributed by atoms with Crippen molar-refractivity contribution in [2.24, 2.45) is 5.73 Å². The van der Waals surface area contributed by atoms with Gasteiger partial charge in [-0.25, -0.2) is 0 Å². The monoisotopic (exact) mass is 218 g/mol. The summed E-state index contributed by atoms with van der Waals surface area (Å²) >= 11 is 0. The lowest BCUT2D eigenvalue weighted by molar-refractivity contribution is -0.116. The van der Waals surface area contributed by atoms with Crippen LogP contribution < -0.4 is 5.73 Å². The van der Waals surface area contributed by atoms with Crippen LogP contribution in [0.15, 0.2) is 11.3 Å². The van der Waals surface area contributed by atoms with Gasteiger partial charge in [0.1, 0.15) is 23.4 Å². The van der Waals surface area contributed by atoms with Gasteiger partial charge in [0.05, 0.1) is 6.54 Å². The van der Waals surface area contributed by atoms with E-state index in [9.17, 15) is 4.79 Å². The zero-order chi connectivity index (χ0) is 12.0. The number of piperidine rings is 1. The van der Waals surface area contributed by atoms with Gasteiger partial charge in [-0.1, -0.05) is 6.42 Å². The van der Waals surface area contributed by atoms with Crippen LogP contribution in [-0.4, -0.2) is 30.3 Å². The number of ketones is 1. The van der Waals surface area contributed by atoms with Crippen LogP contribution in [0.25, 0.3) is 0 Å². The fourth-order valence-corrected chi connectivity index (χ4v) is 1.73. The molecule has 0 atom stereocenters. The molecule has 0 amide bonds. The molecule has 1 saturated heterocycles. The molecule has 1 rings (SSSR count). The van der Waals surface area contributed by atoms with Crippen LogP contribution >= 0.6 is 0 Å². The molecule has 84 valence electrons. The molecule has 1 aliphatic rings. The van der Waals surface area contributed by atoms with Crippen molar-refractivity contribution in [1.82, 2.24) is 4.90 Å². The first-order chi connectivity index (χ1) is 7.69. The number of nitrogens with zero attached hydrogens (tertiary/aromatic N) is 3. The number of carbonyl (C=O) groups excluding carboxylic acids is 1. The summed E-state index contributed by atoms with van der Waals surface area (Å²) in [6.45, 7) is 1.93. The van der Waals surface area contributed by atoms with Crippen LogP contribution in [0.5, 0.6) is 0 Å². The molecule has 0 aromatic rings. The molecule has 1 fully saturated rings. The maximum Gasteiger partial charge on any atom is 0.190 e. The summed E-state index contributed by atoms with van der Waals surface area (Å²) < 4.78 is 0. The van der Waals surface area contributed by atoms with Gasteiger partial charge >= 0.3 is 0 Å². The zero-order valence-electron chi connectivity index (χ0n) is 9.07. The fourth-order valence-electron chi connectivity index (χ4n) is 1.73. The van der Waals surface area contributed by atoms with Crippen LogP contribution in [0.4, 0.5) is 0 Å². The molecule has 5 nitrogen and oxygen atoms in total. The van der Waals surface area contributed by atoms with Crippen LogP contribution in [0.2, 0.25) is 0 Å². The largest absolute Gasteiger partial charge is 0.389 e. The predicted molar refractivity (Wildman–Crippen MR) is 57.7 cm³/mol. The first kappa shape index (κ1) is 12.2. The van der Waals surface area contributed by atoms with Crippen molar-refractivity contribution in [2.75, 3.05) is 19.6 Å². The molecule has 0 aromatic heterocycles. The Labute approximate surface area is 94.7 Å². The normalized spacial score (nSPS) is 18.1. The minimum absolute atomic E-state index is 0.186. The number of Topliss-reactive ketones (excluding diaryl/α,β-unsaturated/α-hetero) is 1. The van der Waals surface area contributed by atoms with Gasteiger partial charge in [-0.15, -0.1) is 0 Å². The lowest BCUT2D eigenvalue weighted by Crippen LogP contribution is -2.35. The first-order valence-electron chi connectivity index (χ1n) is 5.24. The van der Waals surface area contributed by atoms with E-state index in [4.69, 9.17) is 16.3 Å². The fraction of sp³-hybridized carbons (Fsp3) is 0.545. The molecule has 2 N–H and O–H groups in total. The third-order valence-corrected chi connectivity index (χ3v) is 2.60. The van der Waals surface area contributed by atoms with E-state index in [0.29, 0.717) is 0 Å². The second-order valence-electron chi connectivity index (χ2n) is 3.77. The minimum Gasteiger partial charge on any atom is -0.389 e. The smallest absolute Gasteiger partial charge is 0.190 e. The second-order valence-corrected chi connectivity index (χ2v) is 3.77. The Kier molecular flexibility index (Phi) is 4.50. The summed E-state index contributed by atoms with van der Waals surface area (Å²) in [5.74, 6) is -0.358. The number of nitrogens with two attached hydrogens (primary N) is 1. The molecular formula is C11H14N4O. The van der Waals surface area contributed by atoms with E-state index >= 15 is 0 Å². The Morgan fingerprint density at radius 3 is 2.31 bits per heavy atom. The summed E-state index contributed by atoms with van der Waals surface area (Å²) in [4.78, 5) is 13.7. The highest BCUT2D eigenvalue weighted by Crippen LogP contribution is 2.10. The molecule has 1 heterocycles. The number of nitriles is 2. The van der Waals surface area contributed by atoms with Crippen molar-refractivity contribution in [3.63, 3.8) is 0 Å². The summed E-state index contributed by atoms with van der Waals surface area (Å²) in [6.07, 6.45) is 3.34. The number of hydrogen-bond donors (Lipinski definition) is 1. The molecule has 0 spiro atoms. The van der Waals surface area contributed by atoms with Crippen molar-refractivity contribution in [2.45, 2.75) is 19.3 Å². The average molecular weight is 218 g/mol. The van der Waals surface area contributed by atoms with Crippen molar-refractivity contribution in [3.05, 3.63) is 11.3 Å². The Balaban J connectivity index is 2.64. The molecule has 0 aromatic carbocycles. The van der Waals surface area contributed by atoms with E-state index in [1.54, 1.807) is 12.1 Å². The lowest BCUT2D eigenvalue weighted by Gasteiger charge is -2.25. The highest BCUT2D eigenvalue weighted by Gasteiger charge is 2.18. The van der Waals surface area contributed by atoms with Crippen molar-refractivity contribution in [3.8, 4) is 12.1 Å². The number of likely N-dealkylation sites (tertiary alicyclic amines) is 1.